The Balaban J connectivity index is 1.43. The minimum atomic E-state index is -3.61. The number of benzene rings is 4. The molecule has 0 aliphatic rings. The fourth-order valence-electron chi connectivity index (χ4n) is 3.54. The first-order chi connectivity index (χ1) is 17.0. The lowest BCUT2D eigenvalue weighted by molar-refractivity contribution is 0.483. The van der Waals surface area contributed by atoms with Crippen LogP contribution in [-0.2, 0) is 15.6 Å². The fraction of sp³-hybridized carbons (Fsp3) is 0.0370. The normalized spacial score (nSPS) is 11.3. The predicted octanol–water partition coefficient (Wildman–Crippen LogP) is 5.72. The zero-order valence-electron chi connectivity index (χ0n) is 18.6. The van der Waals surface area contributed by atoms with Gasteiger partial charge >= 0.3 is 0 Å². The quantitative estimate of drug-likeness (QED) is 0.286. The monoisotopic (exact) mass is 482 g/mol. The molecule has 0 saturated heterocycles. The third-order valence-corrected chi connectivity index (χ3v) is 6.95. The van der Waals surface area contributed by atoms with E-state index < -0.39 is 9.84 Å². The summed E-state index contributed by atoms with van der Waals surface area (Å²) in [6.45, 7) is 0. The molecule has 5 aromatic rings. The van der Waals surface area contributed by atoms with Crippen molar-refractivity contribution in [2.75, 3.05) is 11.1 Å². The molecule has 0 bridgehead atoms. The van der Waals surface area contributed by atoms with Crippen LogP contribution in [0.4, 0.5) is 17.2 Å². The molecular formula is C27H22N4O3S. The number of nitrogen functional groups attached to an aromatic ring is 1. The van der Waals surface area contributed by atoms with Crippen LogP contribution in [0.15, 0.2) is 108 Å². The van der Waals surface area contributed by atoms with Crippen LogP contribution in [-0.4, -0.2) is 18.4 Å². The highest BCUT2D eigenvalue weighted by Crippen LogP contribution is 2.28. The van der Waals surface area contributed by atoms with Crippen molar-refractivity contribution < 1.29 is 13.2 Å². The first kappa shape index (κ1) is 22.4. The number of ether oxygens (including phenoxy) is 1. The van der Waals surface area contributed by atoms with Crippen molar-refractivity contribution in [3.8, 4) is 11.5 Å². The maximum absolute atomic E-state index is 13.1. The van der Waals surface area contributed by atoms with Gasteiger partial charge in [-0.3, -0.25) is 0 Å². The third-order valence-electron chi connectivity index (χ3n) is 5.30. The number of sulfone groups is 1. The minimum absolute atomic E-state index is 0.241. The largest absolute Gasteiger partial charge is 0.457 e. The molecule has 8 heteroatoms. The molecule has 0 unspecified atom stereocenters. The van der Waals surface area contributed by atoms with Crippen molar-refractivity contribution >= 4 is 38.1 Å². The Bertz CT molecular complexity index is 1570. The van der Waals surface area contributed by atoms with Crippen molar-refractivity contribution in [2.24, 2.45) is 0 Å². The van der Waals surface area contributed by atoms with Gasteiger partial charge < -0.3 is 15.8 Å². The van der Waals surface area contributed by atoms with Gasteiger partial charge in [0, 0.05) is 11.4 Å². The Morgan fingerprint density at radius 3 is 1.94 bits per heavy atom. The van der Waals surface area contributed by atoms with E-state index in [0.717, 1.165) is 5.69 Å². The van der Waals surface area contributed by atoms with Gasteiger partial charge in [0.2, 0.25) is 0 Å². The number of nitrogens with two attached hydrogens (primary N) is 1. The van der Waals surface area contributed by atoms with Crippen molar-refractivity contribution in [2.45, 2.75) is 10.6 Å². The molecule has 1 heterocycles. The molecule has 0 fully saturated rings. The van der Waals surface area contributed by atoms with Crippen LogP contribution in [0.3, 0.4) is 0 Å². The highest BCUT2D eigenvalue weighted by molar-refractivity contribution is 7.90. The second kappa shape index (κ2) is 9.44. The van der Waals surface area contributed by atoms with Crippen molar-refractivity contribution in [1.29, 1.82) is 0 Å². The number of nitrogens with one attached hydrogen (secondary N) is 1. The Kier molecular flexibility index (Phi) is 6.03. The van der Waals surface area contributed by atoms with Gasteiger partial charge in [0.05, 0.1) is 21.6 Å². The van der Waals surface area contributed by atoms with E-state index in [0.29, 0.717) is 39.7 Å². The average molecular weight is 483 g/mol. The zero-order chi connectivity index (χ0) is 24.3. The molecule has 0 spiro atoms. The summed E-state index contributed by atoms with van der Waals surface area (Å²) >= 11 is 0. The second-order valence-corrected chi connectivity index (χ2v) is 9.89. The smallest absolute Gasteiger partial charge is 0.184 e. The van der Waals surface area contributed by atoms with E-state index in [-0.39, 0.29) is 10.6 Å². The second-order valence-electron chi connectivity index (χ2n) is 7.90. The van der Waals surface area contributed by atoms with Crippen molar-refractivity contribution in [3.63, 3.8) is 0 Å². The SMILES string of the molecule is Nc1ccc(Oc2ccc(Nc3nc4ccccc4nc3CS(=O)(=O)c3ccccc3)cc2)cc1. The molecule has 0 amide bonds. The van der Waals surface area contributed by atoms with Gasteiger partial charge in [0.15, 0.2) is 15.7 Å². The van der Waals surface area contributed by atoms with Crippen LogP contribution in [0.1, 0.15) is 5.69 Å². The predicted molar refractivity (Wildman–Crippen MR) is 138 cm³/mol. The number of hydrogen-bond donors (Lipinski definition) is 2. The van der Waals surface area contributed by atoms with Crippen LogP contribution >= 0.6 is 0 Å². The van der Waals surface area contributed by atoms with Crippen molar-refractivity contribution in [3.05, 3.63) is 109 Å². The van der Waals surface area contributed by atoms with Crippen LogP contribution in [0, 0.1) is 0 Å². The lowest BCUT2D eigenvalue weighted by atomic mass is 10.2. The van der Waals surface area contributed by atoms with Gasteiger partial charge in [-0.2, -0.15) is 0 Å². The number of nitrogens with zero attached hydrogens (tertiary/aromatic N) is 2. The maximum atomic E-state index is 13.1. The molecule has 1 aromatic heterocycles. The maximum Gasteiger partial charge on any atom is 0.184 e. The van der Waals surface area contributed by atoms with E-state index >= 15 is 0 Å². The molecule has 0 atom stereocenters. The molecular weight excluding hydrogens is 460 g/mol. The molecule has 174 valence electrons. The molecule has 0 aliphatic heterocycles. The number of rotatable bonds is 7. The first-order valence-corrected chi connectivity index (χ1v) is 12.6. The molecule has 5 rings (SSSR count). The van der Waals surface area contributed by atoms with Crippen molar-refractivity contribution in [1.82, 2.24) is 9.97 Å². The zero-order valence-corrected chi connectivity index (χ0v) is 19.4. The van der Waals surface area contributed by atoms with Gasteiger partial charge in [-0.15, -0.1) is 0 Å². The summed E-state index contributed by atoms with van der Waals surface area (Å²) in [6, 6.07) is 30.1. The van der Waals surface area contributed by atoms with E-state index in [1.54, 1.807) is 54.6 Å². The molecule has 0 saturated carbocycles. The Morgan fingerprint density at radius 2 is 1.29 bits per heavy atom. The van der Waals surface area contributed by atoms with Crippen LogP contribution in [0.2, 0.25) is 0 Å². The Labute approximate surface area is 203 Å². The topological polar surface area (TPSA) is 107 Å². The molecule has 4 aromatic carbocycles. The summed E-state index contributed by atoms with van der Waals surface area (Å²) < 4.78 is 32.0. The number of hydrogen-bond acceptors (Lipinski definition) is 7. The summed E-state index contributed by atoms with van der Waals surface area (Å²) in [4.78, 5) is 9.53. The van der Waals surface area contributed by atoms with E-state index in [2.05, 4.69) is 15.3 Å². The molecule has 0 aliphatic carbocycles. The van der Waals surface area contributed by atoms with Gasteiger partial charge in [0.25, 0.3) is 0 Å². The molecule has 3 N–H and O–H groups in total. The molecule has 35 heavy (non-hydrogen) atoms. The Hall–Kier alpha value is -4.43. The van der Waals surface area contributed by atoms with Crippen LogP contribution in [0.5, 0.6) is 11.5 Å². The van der Waals surface area contributed by atoms with E-state index in [9.17, 15) is 8.42 Å². The summed E-state index contributed by atoms with van der Waals surface area (Å²) in [7, 11) is -3.61. The number of anilines is 3. The number of para-hydroxylation sites is 2. The summed E-state index contributed by atoms with van der Waals surface area (Å²) in [6.07, 6.45) is 0. The highest BCUT2D eigenvalue weighted by atomic mass is 32.2. The number of fused-ring (bicyclic) bond motifs is 1. The summed E-state index contributed by atoms with van der Waals surface area (Å²) in [5, 5.41) is 3.23. The minimum Gasteiger partial charge on any atom is -0.457 e. The summed E-state index contributed by atoms with van der Waals surface area (Å²) in [5.41, 5.74) is 8.74. The standard InChI is InChI=1S/C27H22N4O3S/c28-19-10-14-21(15-11-19)34-22-16-12-20(13-17-22)29-27-26(30-24-8-4-5-9-25(24)31-27)18-35(32,33)23-6-2-1-3-7-23/h1-17H,18,28H2,(H,29,31). The molecule has 0 radical (unpaired) electrons. The number of aromatic nitrogens is 2. The van der Waals surface area contributed by atoms with E-state index in [4.69, 9.17) is 10.5 Å². The fourth-order valence-corrected chi connectivity index (χ4v) is 4.84. The van der Waals surface area contributed by atoms with Gasteiger partial charge in [-0.05, 0) is 72.8 Å². The average Bonchev–Trinajstić information content (AvgIpc) is 2.87. The highest BCUT2D eigenvalue weighted by Gasteiger charge is 2.20. The van der Waals surface area contributed by atoms with E-state index in [1.165, 1.54) is 0 Å². The van der Waals surface area contributed by atoms with Crippen LogP contribution < -0.4 is 15.8 Å². The Morgan fingerprint density at radius 1 is 0.714 bits per heavy atom. The van der Waals surface area contributed by atoms with Crippen LogP contribution in [0.25, 0.3) is 11.0 Å². The summed E-state index contributed by atoms with van der Waals surface area (Å²) in [5.74, 6) is 1.43. The first-order valence-electron chi connectivity index (χ1n) is 10.9. The van der Waals surface area contributed by atoms with E-state index in [1.807, 2.05) is 48.5 Å². The van der Waals surface area contributed by atoms with Gasteiger partial charge in [0.1, 0.15) is 17.3 Å². The van der Waals surface area contributed by atoms with Gasteiger partial charge in [-0.25, -0.2) is 18.4 Å². The molecule has 7 nitrogen and oxygen atoms in total. The lowest BCUT2D eigenvalue weighted by Crippen LogP contribution is -2.10. The lowest BCUT2D eigenvalue weighted by Gasteiger charge is -2.13. The third kappa shape index (κ3) is 5.23. The van der Waals surface area contributed by atoms with Gasteiger partial charge in [-0.1, -0.05) is 30.3 Å².